The molecule has 0 rings (SSSR count). The number of amides is 2. The molecule has 0 aliphatic carbocycles. The van der Waals surface area contributed by atoms with Crippen LogP contribution in [-0.4, -0.2) is 47.1 Å². The Hall–Kier alpha value is -1.51. The summed E-state index contributed by atoms with van der Waals surface area (Å²) in [4.78, 5) is 21.4. The summed E-state index contributed by atoms with van der Waals surface area (Å²) in [6.07, 6.45) is -5.65. The van der Waals surface area contributed by atoms with E-state index < -0.39 is 43.3 Å². The Morgan fingerprint density at radius 1 is 1.29 bits per heavy atom. The molecule has 100 valence electrons. The molecule has 0 saturated carbocycles. The molecular formula is C8H13F3N2O4. The van der Waals surface area contributed by atoms with Crippen molar-refractivity contribution in [2.75, 3.05) is 6.61 Å². The van der Waals surface area contributed by atoms with E-state index >= 15 is 0 Å². The van der Waals surface area contributed by atoms with Crippen LogP contribution in [0.5, 0.6) is 0 Å². The molecule has 0 aromatic heterocycles. The molecule has 0 aliphatic heterocycles. The zero-order valence-corrected chi connectivity index (χ0v) is 8.91. The third-order valence-corrected chi connectivity index (χ3v) is 1.70. The summed E-state index contributed by atoms with van der Waals surface area (Å²) in [5, 5.41) is 20.8. The predicted molar refractivity (Wildman–Crippen MR) is 50.3 cm³/mol. The van der Waals surface area contributed by atoms with Gasteiger partial charge in [-0.1, -0.05) is 0 Å². The first kappa shape index (κ1) is 15.5. The second-order valence-electron chi connectivity index (χ2n) is 3.41. The van der Waals surface area contributed by atoms with Crippen molar-refractivity contribution in [1.29, 1.82) is 0 Å². The molecule has 0 spiro atoms. The lowest BCUT2D eigenvalue weighted by atomic mass is 10.2. The minimum atomic E-state index is -4.42. The number of carbonyl (C=O) groups is 2. The predicted octanol–water partition coefficient (Wildman–Crippen LogP) is 0.0720. The summed E-state index contributed by atoms with van der Waals surface area (Å²) in [5.74, 6) is -1.48. The standard InChI is InChI=1S/C8H13F3N2O4/c1-4(2-8(9,10)11)12-7(17)13-5(3-14)6(15)16/h4-5,14H,2-3H2,1H3,(H,15,16)(H2,12,13,17). The zero-order valence-electron chi connectivity index (χ0n) is 8.91. The molecule has 0 saturated heterocycles. The Bertz CT molecular complexity index is 282. The van der Waals surface area contributed by atoms with Crippen LogP contribution in [0.1, 0.15) is 13.3 Å². The highest BCUT2D eigenvalue weighted by atomic mass is 19.4. The van der Waals surface area contributed by atoms with E-state index in [9.17, 15) is 22.8 Å². The van der Waals surface area contributed by atoms with E-state index in [0.29, 0.717) is 0 Å². The lowest BCUT2D eigenvalue weighted by Gasteiger charge is -2.18. The first-order chi connectivity index (χ1) is 7.65. The highest BCUT2D eigenvalue weighted by molar-refractivity contribution is 5.82. The second kappa shape index (κ2) is 6.28. The average Bonchev–Trinajstić information content (AvgIpc) is 2.09. The Morgan fingerprint density at radius 2 is 1.82 bits per heavy atom. The van der Waals surface area contributed by atoms with E-state index in [1.807, 2.05) is 10.6 Å². The van der Waals surface area contributed by atoms with Gasteiger partial charge in [-0.15, -0.1) is 0 Å². The number of aliphatic hydroxyl groups is 1. The van der Waals surface area contributed by atoms with Crippen molar-refractivity contribution in [3.63, 3.8) is 0 Å². The number of rotatable bonds is 5. The lowest BCUT2D eigenvalue weighted by Crippen LogP contribution is -2.50. The van der Waals surface area contributed by atoms with Crippen LogP contribution < -0.4 is 10.6 Å². The number of aliphatic carboxylic acids is 1. The molecule has 0 radical (unpaired) electrons. The lowest BCUT2D eigenvalue weighted by molar-refractivity contribution is -0.141. The summed E-state index contributed by atoms with van der Waals surface area (Å²) in [5.41, 5.74) is 0. The van der Waals surface area contributed by atoms with Gasteiger partial charge in [-0.2, -0.15) is 13.2 Å². The zero-order chi connectivity index (χ0) is 13.6. The minimum absolute atomic E-state index is 0.851. The van der Waals surface area contributed by atoms with E-state index in [0.717, 1.165) is 6.92 Å². The molecule has 2 atom stereocenters. The van der Waals surface area contributed by atoms with Crippen molar-refractivity contribution in [3.05, 3.63) is 0 Å². The Kier molecular flexibility index (Phi) is 5.72. The summed E-state index contributed by atoms with van der Waals surface area (Å²) < 4.78 is 35.7. The number of hydrogen-bond acceptors (Lipinski definition) is 3. The minimum Gasteiger partial charge on any atom is -0.480 e. The van der Waals surface area contributed by atoms with Crippen molar-refractivity contribution in [1.82, 2.24) is 10.6 Å². The molecule has 6 nitrogen and oxygen atoms in total. The van der Waals surface area contributed by atoms with Crippen LogP contribution in [0.2, 0.25) is 0 Å². The summed E-state index contributed by atoms with van der Waals surface area (Å²) in [6, 6.07) is -3.82. The molecule has 17 heavy (non-hydrogen) atoms. The molecule has 0 aromatic rings. The van der Waals surface area contributed by atoms with Crippen molar-refractivity contribution in [2.24, 2.45) is 0 Å². The number of carbonyl (C=O) groups excluding carboxylic acids is 1. The largest absolute Gasteiger partial charge is 0.480 e. The van der Waals surface area contributed by atoms with E-state index in [1.54, 1.807) is 0 Å². The maximum Gasteiger partial charge on any atom is 0.391 e. The van der Waals surface area contributed by atoms with Crippen LogP contribution in [0.25, 0.3) is 0 Å². The van der Waals surface area contributed by atoms with Crippen LogP contribution >= 0.6 is 0 Å². The Balaban J connectivity index is 4.13. The van der Waals surface area contributed by atoms with Gasteiger partial charge < -0.3 is 20.8 Å². The molecule has 9 heteroatoms. The molecule has 0 fully saturated rings. The van der Waals surface area contributed by atoms with E-state index in [1.165, 1.54) is 0 Å². The highest BCUT2D eigenvalue weighted by Gasteiger charge is 2.31. The van der Waals surface area contributed by atoms with E-state index in [2.05, 4.69) is 0 Å². The van der Waals surface area contributed by atoms with Crippen molar-refractivity contribution in [3.8, 4) is 0 Å². The fraction of sp³-hybridized carbons (Fsp3) is 0.750. The van der Waals surface area contributed by atoms with Crippen LogP contribution in [0.3, 0.4) is 0 Å². The van der Waals surface area contributed by atoms with E-state index in [4.69, 9.17) is 10.2 Å². The first-order valence-corrected chi connectivity index (χ1v) is 4.63. The molecular weight excluding hydrogens is 245 g/mol. The summed E-state index contributed by atoms with van der Waals surface area (Å²) in [7, 11) is 0. The number of nitrogens with one attached hydrogen (secondary N) is 2. The quantitative estimate of drug-likeness (QED) is 0.561. The number of carboxylic acids is 1. The van der Waals surface area contributed by atoms with Gasteiger partial charge in [0.05, 0.1) is 13.0 Å². The number of alkyl halides is 3. The smallest absolute Gasteiger partial charge is 0.391 e. The summed E-state index contributed by atoms with van der Waals surface area (Å²) >= 11 is 0. The molecule has 2 unspecified atom stereocenters. The molecule has 4 N–H and O–H groups in total. The van der Waals surface area contributed by atoms with Crippen molar-refractivity contribution >= 4 is 12.0 Å². The number of hydrogen-bond donors (Lipinski definition) is 4. The van der Waals surface area contributed by atoms with Gasteiger partial charge in [0.1, 0.15) is 0 Å². The fourth-order valence-electron chi connectivity index (χ4n) is 1.01. The number of aliphatic hydroxyl groups excluding tert-OH is 1. The monoisotopic (exact) mass is 258 g/mol. The van der Waals surface area contributed by atoms with Gasteiger partial charge >= 0.3 is 18.2 Å². The van der Waals surface area contributed by atoms with Crippen LogP contribution in [0, 0.1) is 0 Å². The average molecular weight is 258 g/mol. The van der Waals surface area contributed by atoms with Gasteiger partial charge in [0.15, 0.2) is 6.04 Å². The molecule has 0 aromatic carbocycles. The first-order valence-electron chi connectivity index (χ1n) is 4.63. The van der Waals surface area contributed by atoms with Gasteiger partial charge in [-0.3, -0.25) is 0 Å². The van der Waals surface area contributed by atoms with Gasteiger partial charge in [-0.05, 0) is 6.92 Å². The van der Waals surface area contributed by atoms with Crippen molar-refractivity contribution < 1.29 is 33.0 Å². The van der Waals surface area contributed by atoms with Crippen LogP contribution in [-0.2, 0) is 4.79 Å². The topological polar surface area (TPSA) is 98.7 Å². The number of halogens is 3. The van der Waals surface area contributed by atoms with Gasteiger partial charge in [0, 0.05) is 6.04 Å². The normalized spacial score (nSPS) is 14.9. The highest BCUT2D eigenvalue weighted by Crippen LogP contribution is 2.21. The Labute approximate surface area is 94.8 Å². The fourth-order valence-corrected chi connectivity index (χ4v) is 1.01. The number of urea groups is 1. The van der Waals surface area contributed by atoms with Gasteiger partial charge in [0.25, 0.3) is 0 Å². The second-order valence-corrected chi connectivity index (χ2v) is 3.41. The number of carboxylic acid groups (broad SMARTS) is 1. The van der Waals surface area contributed by atoms with Crippen LogP contribution in [0.4, 0.5) is 18.0 Å². The molecule has 0 bridgehead atoms. The SMILES string of the molecule is CC(CC(F)(F)F)NC(=O)NC(CO)C(=O)O. The van der Waals surface area contributed by atoms with Gasteiger partial charge in [-0.25, -0.2) is 9.59 Å². The molecule has 0 aliphatic rings. The summed E-state index contributed by atoms with van der Waals surface area (Å²) in [6.45, 7) is 0.276. The Morgan fingerprint density at radius 3 is 2.18 bits per heavy atom. The van der Waals surface area contributed by atoms with Crippen molar-refractivity contribution in [2.45, 2.75) is 31.6 Å². The maximum absolute atomic E-state index is 11.9. The molecule has 2 amide bonds. The van der Waals surface area contributed by atoms with Gasteiger partial charge in [0.2, 0.25) is 0 Å². The third-order valence-electron chi connectivity index (χ3n) is 1.70. The van der Waals surface area contributed by atoms with Crippen LogP contribution in [0.15, 0.2) is 0 Å². The third kappa shape index (κ3) is 7.39. The molecule has 0 heterocycles. The van der Waals surface area contributed by atoms with E-state index in [-0.39, 0.29) is 0 Å². The maximum atomic E-state index is 11.9.